The average molecular weight is 229 g/mol. The minimum atomic E-state index is 0.561. The zero-order valence-corrected chi connectivity index (χ0v) is 9.60. The van der Waals surface area contributed by atoms with Crippen molar-refractivity contribution in [1.82, 2.24) is 14.7 Å². The molecule has 1 atom stereocenters. The fourth-order valence-electron chi connectivity index (χ4n) is 2.41. The quantitative estimate of drug-likeness (QED) is 0.810. The van der Waals surface area contributed by atoms with E-state index in [0.29, 0.717) is 11.6 Å². The van der Waals surface area contributed by atoms with Gasteiger partial charge in [0.2, 0.25) is 0 Å². The third-order valence-corrected chi connectivity index (χ3v) is 3.28. The summed E-state index contributed by atoms with van der Waals surface area (Å²) in [4.78, 5) is 15.3. The van der Waals surface area contributed by atoms with Gasteiger partial charge in [0.25, 0.3) is 0 Å². The third kappa shape index (κ3) is 2.08. The van der Waals surface area contributed by atoms with Crippen molar-refractivity contribution in [3.63, 3.8) is 0 Å². The molecule has 4 nitrogen and oxygen atoms in total. The molecule has 1 N–H and O–H groups in total. The van der Waals surface area contributed by atoms with Crippen molar-refractivity contribution in [1.29, 1.82) is 0 Å². The molecule has 0 amide bonds. The van der Waals surface area contributed by atoms with Gasteiger partial charge >= 0.3 is 0 Å². The maximum absolute atomic E-state index is 10.7. The molecule has 1 aliphatic heterocycles. The first-order valence-electron chi connectivity index (χ1n) is 6.01. The molecule has 4 heteroatoms. The van der Waals surface area contributed by atoms with Crippen LogP contribution < -0.4 is 5.32 Å². The van der Waals surface area contributed by atoms with Crippen LogP contribution in [-0.4, -0.2) is 28.3 Å². The number of aromatic nitrogens is 2. The lowest BCUT2D eigenvalue weighted by molar-refractivity contribution is 0.112. The SMILES string of the molecule is O=Cc1ccc2nc(CC3CCCN3)cn2c1. The largest absolute Gasteiger partial charge is 0.314 e. The number of rotatable bonds is 3. The number of nitrogens with one attached hydrogen (secondary N) is 1. The van der Waals surface area contributed by atoms with E-state index in [1.807, 2.05) is 22.9 Å². The number of nitrogens with zero attached hydrogens (tertiary/aromatic N) is 2. The van der Waals surface area contributed by atoms with Crippen molar-refractivity contribution in [3.8, 4) is 0 Å². The van der Waals surface area contributed by atoms with E-state index < -0.39 is 0 Å². The zero-order chi connectivity index (χ0) is 11.7. The second kappa shape index (κ2) is 4.30. The number of hydrogen-bond acceptors (Lipinski definition) is 3. The summed E-state index contributed by atoms with van der Waals surface area (Å²) >= 11 is 0. The Bertz CT molecular complexity index is 541. The molecule has 0 saturated carbocycles. The monoisotopic (exact) mass is 229 g/mol. The molecular weight excluding hydrogens is 214 g/mol. The Hall–Kier alpha value is -1.68. The number of pyridine rings is 1. The lowest BCUT2D eigenvalue weighted by Gasteiger charge is -2.06. The first-order chi connectivity index (χ1) is 8.35. The predicted octanol–water partition coefficient (Wildman–Crippen LogP) is 1.44. The van der Waals surface area contributed by atoms with Gasteiger partial charge in [-0.2, -0.15) is 0 Å². The number of aldehydes is 1. The highest BCUT2D eigenvalue weighted by Gasteiger charge is 2.15. The second-order valence-corrected chi connectivity index (χ2v) is 4.58. The van der Waals surface area contributed by atoms with Crippen LogP contribution in [0.5, 0.6) is 0 Å². The molecule has 88 valence electrons. The average Bonchev–Trinajstić information content (AvgIpc) is 2.96. The van der Waals surface area contributed by atoms with Crippen LogP contribution in [0, 0.1) is 0 Å². The molecular formula is C13H15N3O. The minimum Gasteiger partial charge on any atom is -0.314 e. The summed E-state index contributed by atoms with van der Waals surface area (Å²) in [6.07, 6.45) is 8.15. The molecule has 17 heavy (non-hydrogen) atoms. The molecule has 0 aliphatic carbocycles. The minimum absolute atomic E-state index is 0.561. The van der Waals surface area contributed by atoms with Crippen LogP contribution in [-0.2, 0) is 6.42 Å². The van der Waals surface area contributed by atoms with Crippen LogP contribution in [0.3, 0.4) is 0 Å². The van der Waals surface area contributed by atoms with Gasteiger partial charge in [-0.3, -0.25) is 4.79 Å². The van der Waals surface area contributed by atoms with E-state index in [9.17, 15) is 4.79 Å². The van der Waals surface area contributed by atoms with Gasteiger partial charge in [0.1, 0.15) is 5.65 Å². The highest BCUT2D eigenvalue weighted by molar-refractivity contribution is 5.74. The van der Waals surface area contributed by atoms with Crippen LogP contribution >= 0.6 is 0 Å². The van der Waals surface area contributed by atoms with Crippen LogP contribution in [0.1, 0.15) is 28.9 Å². The predicted molar refractivity (Wildman–Crippen MR) is 65.3 cm³/mol. The van der Waals surface area contributed by atoms with E-state index in [0.717, 1.165) is 30.6 Å². The van der Waals surface area contributed by atoms with E-state index in [1.54, 1.807) is 6.07 Å². The topological polar surface area (TPSA) is 46.4 Å². The molecule has 2 aromatic heterocycles. The van der Waals surface area contributed by atoms with Crippen molar-refractivity contribution >= 4 is 11.9 Å². The fourth-order valence-corrected chi connectivity index (χ4v) is 2.41. The summed E-state index contributed by atoms with van der Waals surface area (Å²) < 4.78 is 1.92. The van der Waals surface area contributed by atoms with Gasteiger partial charge in [-0.25, -0.2) is 4.98 Å². The molecule has 0 aromatic carbocycles. The number of carbonyl (C=O) groups excluding carboxylic acids is 1. The summed E-state index contributed by atoms with van der Waals surface area (Å²) in [6, 6.07) is 4.24. The lowest BCUT2D eigenvalue weighted by atomic mass is 10.1. The van der Waals surface area contributed by atoms with E-state index in [-0.39, 0.29) is 0 Å². The smallest absolute Gasteiger partial charge is 0.151 e. The highest BCUT2D eigenvalue weighted by atomic mass is 16.1. The molecule has 3 heterocycles. The molecule has 1 aliphatic rings. The number of carbonyl (C=O) groups is 1. The number of fused-ring (bicyclic) bond motifs is 1. The zero-order valence-electron chi connectivity index (χ0n) is 9.60. The molecule has 1 saturated heterocycles. The standard InChI is InChI=1S/C13H15N3O/c17-9-10-3-4-13-15-12(8-16(13)7-10)6-11-2-1-5-14-11/h3-4,7-9,11,14H,1-2,5-6H2. The van der Waals surface area contributed by atoms with Crippen molar-refractivity contribution in [2.45, 2.75) is 25.3 Å². The summed E-state index contributed by atoms with van der Waals surface area (Å²) in [5, 5.41) is 3.47. The maximum atomic E-state index is 10.7. The second-order valence-electron chi connectivity index (χ2n) is 4.58. The Morgan fingerprint density at radius 3 is 3.18 bits per heavy atom. The molecule has 1 fully saturated rings. The summed E-state index contributed by atoms with van der Waals surface area (Å²) in [5.41, 5.74) is 2.68. The normalized spacial score (nSPS) is 19.9. The Kier molecular flexibility index (Phi) is 2.65. The third-order valence-electron chi connectivity index (χ3n) is 3.28. The Balaban J connectivity index is 1.87. The maximum Gasteiger partial charge on any atom is 0.151 e. The number of imidazole rings is 1. The Labute approximate surface area is 99.7 Å². The van der Waals surface area contributed by atoms with Gasteiger partial charge in [-0.15, -0.1) is 0 Å². The molecule has 0 spiro atoms. The van der Waals surface area contributed by atoms with E-state index in [4.69, 9.17) is 0 Å². The van der Waals surface area contributed by atoms with Gasteiger partial charge in [-0.1, -0.05) is 0 Å². The fraction of sp³-hybridized carbons (Fsp3) is 0.385. The lowest BCUT2D eigenvalue weighted by Crippen LogP contribution is -2.23. The Morgan fingerprint density at radius 1 is 1.47 bits per heavy atom. The van der Waals surface area contributed by atoms with Gasteiger partial charge < -0.3 is 9.72 Å². The van der Waals surface area contributed by atoms with E-state index >= 15 is 0 Å². The first-order valence-corrected chi connectivity index (χ1v) is 6.01. The van der Waals surface area contributed by atoms with E-state index in [2.05, 4.69) is 10.3 Å². The number of hydrogen-bond donors (Lipinski definition) is 1. The van der Waals surface area contributed by atoms with Crippen molar-refractivity contribution in [3.05, 3.63) is 35.8 Å². The molecule has 0 bridgehead atoms. The van der Waals surface area contributed by atoms with E-state index in [1.165, 1.54) is 12.8 Å². The van der Waals surface area contributed by atoms with Gasteiger partial charge in [0.05, 0.1) is 5.69 Å². The van der Waals surface area contributed by atoms with Gasteiger partial charge in [0.15, 0.2) is 6.29 Å². The van der Waals surface area contributed by atoms with Crippen LogP contribution in [0.25, 0.3) is 5.65 Å². The van der Waals surface area contributed by atoms with Crippen LogP contribution in [0.2, 0.25) is 0 Å². The van der Waals surface area contributed by atoms with Gasteiger partial charge in [-0.05, 0) is 31.5 Å². The summed E-state index contributed by atoms with van der Waals surface area (Å²) in [5.74, 6) is 0. The molecule has 1 unspecified atom stereocenters. The van der Waals surface area contributed by atoms with Gasteiger partial charge in [0, 0.05) is 30.4 Å². The van der Waals surface area contributed by atoms with Crippen molar-refractivity contribution in [2.75, 3.05) is 6.54 Å². The summed E-state index contributed by atoms with van der Waals surface area (Å²) in [7, 11) is 0. The molecule has 2 aromatic rings. The highest BCUT2D eigenvalue weighted by Crippen LogP contribution is 2.13. The van der Waals surface area contributed by atoms with Crippen LogP contribution in [0.15, 0.2) is 24.5 Å². The van der Waals surface area contributed by atoms with Crippen LogP contribution in [0.4, 0.5) is 0 Å². The summed E-state index contributed by atoms with van der Waals surface area (Å²) in [6.45, 7) is 1.12. The molecule has 3 rings (SSSR count). The first kappa shape index (κ1) is 10.5. The Morgan fingerprint density at radius 2 is 2.41 bits per heavy atom. The molecule has 0 radical (unpaired) electrons. The van der Waals surface area contributed by atoms with Crippen molar-refractivity contribution in [2.24, 2.45) is 0 Å². The van der Waals surface area contributed by atoms with Crippen molar-refractivity contribution < 1.29 is 4.79 Å².